The minimum absolute atomic E-state index is 0.145. The minimum Gasteiger partial charge on any atom is -0.349 e. The number of hydrogen-bond donors (Lipinski definition) is 1. The maximum absolute atomic E-state index is 12.1. The van der Waals surface area contributed by atoms with Gasteiger partial charge < -0.3 is 15.1 Å². The van der Waals surface area contributed by atoms with Crippen LogP contribution in [0.2, 0.25) is 0 Å². The molecule has 2 atom stereocenters. The van der Waals surface area contributed by atoms with E-state index in [9.17, 15) is 9.59 Å². The lowest BCUT2D eigenvalue weighted by atomic mass is 9.84. The molecule has 19 heavy (non-hydrogen) atoms. The van der Waals surface area contributed by atoms with Crippen molar-refractivity contribution in [1.82, 2.24) is 15.1 Å². The topological polar surface area (TPSA) is 52.7 Å². The Morgan fingerprint density at radius 3 is 2.95 bits per heavy atom. The first-order valence-corrected chi connectivity index (χ1v) is 7.30. The molecule has 108 valence electrons. The summed E-state index contributed by atoms with van der Waals surface area (Å²) in [5.41, 5.74) is 0. The zero-order valence-corrected chi connectivity index (χ0v) is 12.0. The van der Waals surface area contributed by atoms with Crippen molar-refractivity contribution in [3.63, 3.8) is 0 Å². The molecule has 2 saturated heterocycles. The van der Waals surface area contributed by atoms with Gasteiger partial charge in [-0.25, -0.2) is 0 Å². The Kier molecular flexibility index (Phi) is 4.80. The van der Waals surface area contributed by atoms with Gasteiger partial charge in [0, 0.05) is 39.5 Å². The van der Waals surface area contributed by atoms with E-state index in [1.165, 1.54) is 0 Å². The molecule has 0 aliphatic carbocycles. The van der Waals surface area contributed by atoms with Gasteiger partial charge in [-0.15, -0.1) is 0 Å². The summed E-state index contributed by atoms with van der Waals surface area (Å²) < 4.78 is 0. The average molecular weight is 267 g/mol. The van der Waals surface area contributed by atoms with Crippen molar-refractivity contribution in [2.75, 3.05) is 33.7 Å². The second-order valence-corrected chi connectivity index (χ2v) is 5.84. The van der Waals surface area contributed by atoms with E-state index in [4.69, 9.17) is 0 Å². The number of carbonyl (C=O) groups excluding carboxylic acids is 2. The minimum atomic E-state index is 0.145. The second kappa shape index (κ2) is 6.37. The fraction of sp³-hybridized carbons (Fsp3) is 0.857. The number of fused-ring (bicyclic) bond motifs is 1. The molecule has 1 N–H and O–H groups in total. The molecule has 0 aromatic rings. The van der Waals surface area contributed by atoms with Crippen LogP contribution in [0, 0.1) is 5.92 Å². The molecule has 0 spiro atoms. The van der Waals surface area contributed by atoms with Crippen molar-refractivity contribution in [1.29, 1.82) is 0 Å². The largest absolute Gasteiger partial charge is 0.349 e. The molecular formula is C14H25N3O2. The Labute approximate surface area is 115 Å². The van der Waals surface area contributed by atoms with Crippen LogP contribution in [0.1, 0.15) is 32.1 Å². The first-order valence-electron chi connectivity index (χ1n) is 7.30. The molecule has 2 amide bonds. The molecule has 2 fully saturated rings. The Hall–Kier alpha value is -1.10. The summed E-state index contributed by atoms with van der Waals surface area (Å²) in [4.78, 5) is 27.3. The maximum Gasteiger partial charge on any atom is 0.222 e. The summed E-state index contributed by atoms with van der Waals surface area (Å²) in [6, 6.07) is 0.400. The molecule has 2 aliphatic heterocycles. The molecule has 0 aromatic heterocycles. The second-order valence-electron chi connectivity index (χ2n) is 5.84. The Morgan fingerprint density at radius 1 is 1.42 bits per heavy atom. The Morgan fingerprint density at radius 2 is 2.21 bits per heavy atom. The van der Waals surface area contributed by atoms with Gasteiger partial charge in [-0.05, 0) is 38.3 Å². The van der Waals surface area contributed by atoms with Gasteiger partial charge in [-0.3, -0.25) is 9.59 Å². The zero-order chi connectivity index (χ0) is 13.8. The molecule has 2 heterocycles. The van der Waals surface area contributed by atoms with Crippen molar-refractivity contribution in [3.05, 3.63) is 0 Å². The van der Waals surface area contributed by atoms with Gasteiger partial charge in [0.15, 0.2) is 0 Å². The predicted molar refractivity (Wildman–Crippen MR) is 73.6 cm³/mol. The number of nitrogens with zero attached hydrogens (tertiary/aromatic N) is 2. The van der Waals surface area contributed by atoms with E-state index >= 15 is 0 Å². The van der Waals surface area contributed by atoms with E-state index in [2.05, 4.69) is 5.32 Å². The van der Waals surface area contributed by atoms with E-state index in [-0.39, 0.29) is 11.8 Å². The monoisotopic (exact) mass is 267 g/mol. The highest BCUT2D eigenvalue weighted by Crippen LogP contribution is 2.28. The molecule has 2 aliphatic rings. The third kappa shape index (κ3) is 3.47. The van der Waals surface area contributed by atoms with Gasteiger partial charge in [0.05, 0.1) is 0 Å². The number of hydrogen-bond acceptors (Lipinski definition) is 3. The van der Waals surface area contributed by atoms with E-state index in [1.807, 2.05) is 4.90 Å². The van der Waals surface area contributed by atoms with Gasteiger partial charge in [0.2, 0.25) is 11.8 Å². The van der Waals surface area contributed by atoms with Crippen molar-refractivity contribution >= 4 is 11.8 Å². The Bertz CT molecular complexity index is 344. The fourth-order valence-electron chi connectivity index (χ4n) is 3.17. The lowest BCUT2D eigenvalue weighted by molar-refractivity contribution is -0.140. The van der Waals surface area contributed by atoms with Gasteiger partial charge >= 0.3 is 0 Å². The number of amides is 2. The predicted octanol–water partition coefficient (Wildman–Crippen LogP) is 0.455. The molecule has 2 rings (SSSR count). The third-order valence-electron chi connectivity index (χ3n) is 4.31. The summed E-state index contributed by atoms with van der Waals surface area (Å²) in [5.74, 6) is 1.03. The molecule has 0 radical (unpaired) electrons. The zero-order valence-electron chi connectivity index (χ0n) is 12.0. The van der Waals surface area contributed by atoms with Crippen LogP contribution >= 0.6 is 0 Å². The van der Waals surface area contributed by atoms with Crippen LogP contribution in [-0.4, -0.2) is 61.4 Å². The van der Waals surface area contributed by atoms with Crippen LogP contribution < -0.4 is 5.32 Å². The van der Waals surface area contributed by atoms with Crippen molar-refractivity contribution in [3.8, 4) is 0 Å². The molecule has 5 heteroatoms. The molecule has 0 bridgehead atoms. The summed E-state index contributed by atoms with van der Waals surface area (Å²) in [6.45, 7) is 2.77. The molecule has 5 nitrogen and oxygen atoms in total. The van der Waals surface area contributed by atoms with Crippen molar-refractivity contribution in [2.45, 2.75) is 38.1 Å². The van der Waals surface area contributed by atoms with Crippen LogP contribution in [0.4, 0.5) is 0 Å². The number of carbonyl (C=O) groups is 2. The molecule has 0 saturated carbocycles. The lowest BCUT2D eigenvalue weighted by Crippen LogP contribution is -2.55. The van der Waals surface area contributed by atoms with Crippen LogP contribution in [-0.2, 0) is 9.59 Å². The quantitative estimate of drug-likeness (QED) is 0.805. The van der Waals surface area contributed by atoms with Gasteiger partial charge in [0.1, 0.15) is 0 Å². The normalized spacial score (nSPS) is 27.1. The first kappa shape index (κ1) is 14.3. The smallest absolute Gasteiger partial charge is 0.222 e. The summed E-state index contributed by atoms with van der Waals surface area (Å²) in [5, 5.41) is 3.41. The van der Waals surface area contributed by atoms with Crippen LogP contribution in [0.5, 0.6) is 0 Å². The van der Waals surface area contributed by atoms with Gasteiger partial charge in [-0.2, -0.15) is 0 Å². The Balaban J connectivity index is 1.85. The highest BCUT2D eigenvalue weighted by Gasteiger charge is 2.36. The fourth-order valence-corrected chi connectivity index (χ4v) is 3.17. The number of likely N-dealkylation sites (tertiary alicyclic amines) is 1. The van der Waals surface area contributed by atoms with Crippen molar-refractivity contribution < 1.29 is 9.59 Å². The average Bonchev–Trinajstić information content (AvgIpc) is 2.41. The van der Waals surface area contributed by atoms with Gasteiger partial charge in [0.25, 0.3) is 0 Å². The number of nitrogens with one attached hydrogen (secondary N) is 1. The maximum atomic E-state index is 12.1. The van der Waals surface area contributed by atoms with Crippen LogP contribution in [0.15, 0.2) is 0 Å². The first-order chi connectivity index (χ1) is 9.09. The highest BCUT2D eigenvalue weighted by atomic mass is 16.2. The number of rotatable bonds is 4. The summed E-state index contributed by atoms with van der Waals surface area (Å²) in [6.07, 6.45) is 4.05. The molecule has 2 unspecified atom stereocenters. The van der Waals surface area contributed by atoms with E-state index < -0.39 is 0 Å². The SMILES string of the molecule is CN(C)C(=O)CCCN1C(=O)CCC2CNCCC21. The lowest BCUT2D eigenvalue weighted by Gasteiger charge is -2.44. The van der Waals surface area contributed by atoms with E-state index in [0.717, 1.165) is 38.9 Å². The van der Waals surface area contributed by atoms with Crippen molar-refractivity contribution in [2.24, 2.45) is 5.92 Å². The molecule has 0 aromatic carbocycles. The van der Waals surface area contributed by atoms with Gasteiger partial charge in [-0.1, -0.05) is 0 Å². The van der Waals surface area contributed by atoms with Crippen LogP contribution in [0.25, 0.3) is 0 Å². The van der Waals surface area contributed by atoms with E-state index in [0.29, 0.717) is 24.8 Å². The molecular weight excluding hydrogens is 242 g/mol. The standard InChI is InChI=1S/C14H25N3O2/c1-16(2)13(18)4-3-9-17-12-7-8-15-10-11(12)5-6-14(17)19/h11-12,15H,3-10H2,1-2H3. The number of piperidine rings is 2. The summed E-state index contributed by atoms with van der Waals surface area (Å²) in [7, 11) is 3.55. The summed E-state index contributed by atoms with van der Waals surface area (Å²) >= 11 is 0. The van der Waals surface area contributed by atoms with Crippen LogP contribution in [0.3, 0.4) is 0 Å². The highest BCUT2D eigenvalue weighted by molar-refractivity contribution is 5.78. The van der Waals surface area contributed by atoms with E-state index in [1.54, 1.807) is 19.0 Å². The third-order valence-corrected chi connectivity index (χ3v) is 4.31.